The van der Waals surface area contributed by atoms with Crippen molar-refractivity contribution in [2.24, 2.45) is 0 Å². The number of benzene rings is 2. The molecule has 0 aromatic heterocycles. The van der Waals surface area contributed by atoms with Gasteiger partial charge in [-0.3, -0.25) is 4.90 Å². The van der Waals surface area contributed by atoms with Gasteiger partial charge in [0.1, 0.15) is 0 Å². The molecule has 1 aliphatic heterocycles. The Balaban J connectivity index is 1.68. The van der Waals surface area contributed by atoms with E-state index in [4.69, 9.17) is 18.9 Å². The van der Waals surface area contributed by atoms with Crippen molar-refractivity contribution in [1.82, 2.24) is 4.90 Å². The lowest BCUT2D eigenvalue weighted by atomic mass is 10.1. The van der Waals surface area contributed by atoms with Crippen LogP contribution in [0.1, 0.15) is 11.1 Å². The third kappa shape index (κ3) is 4.48. The lowest BCUT2D eigenvalue weighted by molar-refractivity contribution is -0.0305. The van der Waals surface area contributed by atoms with Gasteiger partial charge in [-0.25, -0.2) is 0 Å². The smallest absolute Gasteiger partial charge is 0.203 e. The van der Waals surface area contributed by atoms with Crippen LogP contribution in [0.15, 0.2) is 42.5 Å². The van der Waals surface area contributed by atoms with Crippen LogP contribution >= 0.6 is 0 Å². The van der Waals surface area contributed by atoms with E-state index in [-0.39, 0.29) is 6.10 Å². The molecular weight excluding hydrogens is 330 g/mol. The third-order valence-electron chi connectivity index (χ3n) is 4.66. The predicted octanol–water partition coefficient (Wildman–Crippen LogP) is 3.16. The Morgan fingerprint density at radius 1 is 0.962 bits per heavy atom. The largest absolute Gasteiger partial charge is 0.493 e. The molecule has 1 saturated heterocycles. The summed E-state index contributed by atoms with van der Waals surface area (Å²) in [6, 6.07) is 14.5. The fourth-order valence-electron chi connectivity index (χ4n) is 3.41. The summed E-state index contributed by atoms with van der Waals surface area (Å²) in [5, 5.41) is 0. The Labute approximate surface area is 155 Å². The monoisotopic (exact) mass is 357 g/mol. The van der Waals surface area contributed by atoms with E-state index in [0.717, 1.165) is 38.2 Å². The quantitative estimate of drug-likeness (QED) is 0.761. The summed E-state index contributed by atoms with van der Waals surface area (Å²) >= 11 is 0. The second-order valence-corrected chi connectivity index (χ2v) is 6.45. The minimum Gasteiger partial charge on any atom is -0.493 e. The van der Waals surface area contributed by atoms with Crippen LogP contribution in [0.3, 0.4) is 0 Å². The molecule has 1 fully saturated rings. The molecule has 2 aromatic carbocycles. The first-order chi connectivity index (χ1) is 12.7. The average molecular weight is 357 g/mol. The Morgan fingerprint density at radius 2 is 1.65 bits per heavy atom. The Morgan fingerprint density at radius 3 is 2.27 bits per heavy atom. The van der Waals surface area contributed by atoms with E-state index in [2.05, 4.69) is 29.2 Å². The van der Waals surface area contributed by atoms with E-state index in [0.29, 0.717) is 17.2 Å². The fourth-order valence-corrected chi connectivity index (χ4v) is 3.41. The number of ether oxygens (including phenoxy) is 4. The molecule has 0 N–H and O–H groups in total. The molecule has 0 bridgehead atoms. The molecule has 0 amide bonds. The lowest BCUT2D eigenvalue weighted by Crippen LogP contribution is -2.42. The van der Waals surface area contributed by atoms with Crippen LogP contribution in [0.25, 0.3) is 0 Å². The van der Waals surface area contributed by atoms with Crippen LogP contribution in [-0.4, -0.2) is 52.0 Å². The Bertz CT molecular complexity index is 679. The van der Waals surface area contributed by atoms with E-state index in [9.17, 15) is 0 Å². The molecule has 140 valence electrons. The van der Waals surface area contributed by atoms with Gasteiger partial charge in [0.15, 0.2) is 11.5 Å². The number of morpholine rings is 1. The summed E-state index contributed by atoms with van der Waals surface area (Å²) in [6.45, 7) is 3.40. The first-order valence-electron chi connectivity index (χ1n) is 8.90. The summed E-state index contributed by atoms with van der Waals surface area (Å²) in [7, 11) is 4.91. The number of hydrogen-bond donors (Lipinski definition) is 0. The van der Waals surface area contributed by atoms with Gasteiger partial charge < -0.3 is 18.9 Å². The maximum absolute atomic E-state index is 5.97. The van der Waals surface area contributed by atoms with Gasteiger partial charge in [-0.05, 0) is 29.7 Å². The molecule has 5 nitrogen and oxygen atoms in total. The SMILES string of the molecule is COc1cc(CN2CCO[C@@H](Cc3ccccc3)C2)cc(OC)c1OC. The van der Waals surface area contributed by atoms with Crippen molar-refractivity contribution >= 4 is 0 Å². The van der Waals surface area contributed by atoms with Crippen molar-refractivity contribution in [3.8, 4) is 17.2 Å². The summed E-state index contributed by atoms with van der Waals surface area (Å²) in [5.74, 6) is 2.01. The number of hydrogen-bond acceptors (Lipinski definition) is 5. The normalized spacial score (nSPS) is 17.7. The van der Waals surface area contributed by atoms with Gasteiger partial charge >= 0.3 is 0 Å². The van der Waals surface area contributed by atoms with Crippen molar-refractivity contribution in [3.63, 3.8) is 0 Å². The summed E-state index contributed by atoms with van der Waals surface area (Å²) < 4.78 is 22.3. The Kier molecular flexibility index (Phi) is 6.36. The number of methoxy groups -OCH3 is 3. The van der Waals surface area contributed by atoms with Crippen molar-refractivity contribution in [2.75, 3.05) is 41.0 Å². The summed E-state index contributed by atoms with van der Waals surface area (Å²) in [4.78, 5) is 2.41. The first-order valence-corrected chi connectivity index (χ1v) is 8.90. The average Bonchev–Trinajstić information content (AvgIpc) is 2.68. The van der Waals surface area contributed by atoms with E-state index < -0.39 is 0 Å². The predicted molar refractivity (Wildman–Crippen MR) is 101 cm³/mol. The molecule has 0 radical (unpaired) electrons. The van der Waals surface area contributed by atoms with E-state index in [1.807, 2.05) is 18.2 Å². The molecule has 0 saturated carbocycles. The first kappa shape index (κ1) is 18.5. The molecule has 2 aromatic rings. The highest BCUT2D eigenvalue weighted by molar-refractivity contribution is 5.53. The second-order valence-electron chi connectivity index (χ2n) is 6.45. The van der Waals surface area contributed by atoms with Crippen molar-refractivity contribution in [3.05, 3.63) is 53.6 Å². The Hall–Kier alpha value is -2.24. The highest BCUT2D eigenvalue weighted by Crippen LogP contribution is 2.38. The molecule has 1 heterocycles. The standard InChI is InChI=1S/C21H27NO4/c1-23-19-12-17(13-20(24-2)21(19)25-3)14-22-9-10-26-18(15-22)11-16-7-5-4-6-8-16/h4-8,12-13,18H,9-11,14-15H2,1-3H3/t18-/m0/s1. The molecule has 5 heteroatoms. The van der Waals surface area contributed by atoms with Gasteiger partial charge in [0.05, 0.1) is 34.0 Å². The minimum absolute atomic E-state index is 0.216. The number of rotatable bonds is 7. The maximum atomic E-state index is 5.97. The maximum Gasteiger partial charge on any atom is 0.203 e. The van der Waals surface area contributed by atoms with E-state index in [1.165, 1.54) is 5.56 Å². The van der Waals surface area contributed by atoms with Gasteiger partial charge in [0, 0.05) is 19.6 Å². The number of nitrogens with zero attached hydrogens (tertiary/aromatic N) is 1. The van der Waals surface area contributed by atoms with Crippen molar-refractivity contribution in [1.29, 1.82) is 0 Å². The second kappa shape index (κ2) is 8.92. The van der Waals surface area contributed by atoms with Crippen molar-refractivity contribution < 1.29 is 18.9 Å². The topological polar surface area (TPSA) is 40.2 Å². The molecule has 0 spiro atoms. The van der Waals surface area contributed by atoms with Gasteiger partial charge in [-0.2, -0.15) is 0 Å². The zero-order valence-corrected chi connectivity index (χ0v) is 15.7. The highest BCUT2D eigenvalue weighted by atomic mass is 16.5. The van der Waals surface area contributed by atoms with Crippen LogP contribution in [0, 0.1) is 0 Å². The van der Waals surface area contributed by atoms with Crippen LogP contribution < -0.4 is 14.2 Å². The molecule has 26 heavy (non-hydrogen) atoms. The lowest BCUT2D eigenvalue weighted by Gasteiger charge is -2.33. The van der Waals surface area contributed by atoms with Gasteiger partial charge in [0.2, 0.25) is 5.75 Å². The third-order valence-corrected chi connectivity index (χ3v) is 4.66. The van der Waals surface area contributed by atoms with E-state index >= 15 is 0 Å². The van der Waals surface area contributed by atoms with Gasteiger partial charge in [-0.1, -0.05) is 30.3 Å². The zero-order valence-electron chi connectivity index (χ0n) is 15.7. The minimum atomic E-state index is 0.216. The zero-order chi connectivity index (χ0) is 18.4. The van der Waals surface area contributed by atoms with Crippen LogP contribution in [-0.2, 0) is 17.7 Å². The van der Waals surface area contributed by atoms with Crippen molar-refractivity contribution in [2.45, 2.75) is 19.1 Å². The van der Waals surface area contributed by atoms with Gasteiger partial charge in [0.25, 0.3) is 0 Å². The highest BCUT2D eigenvalue weighted by Gasteiger charge is 2.22. The fraction of sp³-hybridized carbons (Fsp3) is 0.429. The molecule has 1 atom stereocenters. The summed E-state index contributed by atoms with van der Waals surface area (Å²) in [5.41, 5.74) is 2.45. The molecule has 1 aliphatic rings. The van der Waals surface area contributed by atoms with E-state index in [1.54, 1.807) is 21.3 Å². The molecule has 0 unspecified atom stereocenters. The van der Waals surface area contributed by atoms with Crippen LogP contribution in [0.4, 0.5) is 0 Å². The molecular formula is C21H27NO4. The molecule has 0 aliphatic carbocycles. The van der Waals surface area contributed by atoms with Crippen LogP contribution in [0.2, 0.25) is 0 Å². The molecule has 3 rings (SSSR count). The van der Waals surface area contributed by atoms with Crippen LogP contribution in [0.5, 0.6) is 17.2 Å². The van der Waals surface area contributed by atoms with Gasteiger partial charge in [-0.15, -0.1) is 0 Å². The summed E-state index contributed by atoms with van der Waals surface area (Å²) in [6.07, 6.45) is 1.15.